The zero-order chi connectivity index (χ0) is 26.2. The molecule has 0 aliphatic rings. The van der Waals surface area contributed by atoms with E-state index in [0.717, 1.165) is 52.8 Å². The summed E-state index contributed by atoms with van der Waals surface area (Å²) < 4.78 is 18.2. The SMILES string of the molecule is CCC(Oc1cccc(CNCCCn2c(CCOC)nc3c(N)nc4ccccc4c32)c1)C(=O)OC. The van der Waals surface area contributed by atoms with Gasteiger partial charge in [-0.3, -0.25) is 0 Å². The number of esters is 1. The maximum absolute atomic E-state index is 11.8. The van der Waals surface area contributed by atoms with Crippen LogP contribution in [0.1, 0.15) is 31.2 Å². The largest absolute Gasteiger partial charge is 0.479 e. The molecule has 0 spiro atoms. The van der Waals surface area contributed by atoms with Crippen LogP contribution in [0.4, 0.5) is 5.82 Å². The number of aryl methyl sites for hydroxylation is 1. The summed E-state index contributed by atoms with van der Waals surface area (Å²) in [5, 5.41) is 4.56. The van der Waals surface area contributed by atoms with E-state index < -0.39 is 6.10 Å². The molecule has 2 heterocycles. The van der Waals surface area contributed by atoms with E-state index >= 15 is 0 Å². The van der Waals surface area contributed by atoms with Crippen LogP contribution in [0.15, 0.2) is 48.5 Å². The van der Waals surface area contributed by atoms with Gasteiger partial charge in [0.1, 0.15) is 17.1 Å². The van der Waals surface area contributed by atoms with Gasteiger partial charge in [0.15, 0.2) is 11.9 Å². The lowest BCUT2D eigenvalue weighted by atomic mass is 10.2. The predicted molar refractivity (Wildman–Crippen MR) is 145 cm³/mol. The Morgan fingerprint density at radius 2 is 1.97 bits per heavy atom. The number of imidazole rings is 1. The highest BCUT2D eigenvalue weighted by atomic mass is 16.6. The summed E-state index contributed by atoms with van der Waals surface area (Å²) >= 11 is 0. The minimum absolute atomic E-state index is 0.367. The van der Waals surface area contributed by atoms with Crippen molar-refractivity contribution in [3.63, 3.8) is 0 Å². The Kier molecular flexibility index (Phi) is 8.92. The average Bonchev–Trinajstić information content (AvgIpc) is 3.29. The number of pyridine rings is 1. The number of carbonyl (C=O) groups is 1. The van der Waals surface area contributed by atoms with E-state index in [1.165, 1.54) is 7.11 Å². The summed E-state index contributed by atoms with van der Waals surface area (Å²) in [6.07, 6.45) is 1.54. The highest BCUT2D eigenvalue weighted by Gasteiger charge is 2.19. The first-order chi connectivity index (χ1) is 18.0. The Morgan fingerprint density at radius 3 is 2.76 bits per heavy atom. The highest BCUT2D eigenvalue weighted by molar-refractivity contribution is 6.06. The number of benzene rings is 2. The van der Waals surface area contributed by atoms with Crippen molar-refractivity contribution < 1.29 is 19.0 Å². The first-order valence-electron chi connectivity index (χ1n) is 12.6. The quantitative estimate of drug-likeness (QED) is 0.208. The summed E-state index contributed by atoms with van der Waals surface area (Å²) in [6, 6.07) is 15.8. The molecule has 4 aromatic rings. The van der Waals surface area contributed by atoms with Crippen molar-refractivity contribution in [1.29, 1.82) is 0 Å². The van der Waals surface area contributed by atoms with Gasteiger partial charge >= 0.3 is 5.97 Å². The summed E-state index contributed by atoms with van der Waals surface area (Å²) in [4.78, 5) is 21.2. The molecule has 0 aliphatic heterocycles. The molecule has 0 radical (unpaired) electrons. The zero-order valence-electron chi connectivity index (χ0n) is 21.7. The van der Waals surface area contributed by atoms with Crippen LogP contribution in [0.5, 0.6) is 5.75 Å². The molecule has 9 heteroatoms. The Morgan fingerprint density at radius 1 is 1.14 bits per heavy atom. The molecular formula is C28H35N5O4. The van der Waals surface area contributed by atoms with E-state index in [0.29, 0.717) is 37.6 Å². The number of ether oxygens (including phenoxy) is 3. The third-order valence-corrected chi connectivity index (χ3v) is 6.30. The molecule has 9 nitrogen and oxygen atoms in total. The van der Waals surface area contributed by atoms with Crippen LogP contribution < -0.4 is 15.8 Å². The lowest BCUT2D eigenvalue weighted by Crippen LogP contribution is -2.27. The van der Waals surface area contributed by atoms with Crippen LogP contribution in [-0.2, 0) is 33.8 Å². The van der Waals surface area contributed by atoms with Crippen molar-refractivity contribution in [2.75, 3.05) is 33.1 Å². The van der Waals surface area contributed by atoms with E-state index in [9.17, 15) is 4.79 Å². The molecule has 1 unspecified atom stereocenters. The summed E-state index contributed by atoms with van der Waals surface area (Å²) in [5.41, 5.74) is 9.99. The van der Waals surface area contributed by atoms with Crippen LogP contribution in [0, 0.1) is 0 Å². The van der Waals surface area contributed by atoms with Gasteiger partial charge in [-0.2, -0.15) is 0 Å². The smallest absolute Gasteiger partial charge is 0.347 e. The number of hydrogen-bond acceptors (Lipinski definition) is 8. The fourth-order valence-corrected chi connectivity index (χ4v) is 4.45. The molecule has 0 saturated carbocycles. The molecule has 2 aromatic heterocycles. The fraction of sp³-hybridized carbons (Fsp3) is 0.393. The molecule has 196 valence electrons. The van der Waals surface area contributed by atoms with Crippen molar-refractivity contribution in [3.8, 4) is 5.75 Å². The maximum Gasteiger partial charge on any atom is 0.347 e. The number of nitrogens with one attached hydrogen (secondary N) is 1. The van der Waals surface area contributed by atoms with Gasteiger partial charge in [-0.1, -0.05) is 37.3 Å². The topological polar surface area (TPSA) is 114 Å². The second-order valence-corrected chi connectivity index (χ2v) is 8.85. The number of methoxy groups -OCH3 is 2. The molecule has 2 aromatic carbocycles. The summed E-state index contributed by atoms with van der Waals surface area (Å²) in [7, 11) is 3.07. The standard InChI is InChI=1S/C28H35N5O4/c1-4-23(28(34)36-3)37-20-10-7-9-19(17-20)18-30-14-8-15-33-24(13-16-35-2)32-25-26(33)21-11-5-6-12-22(21)31-27(25)29/h5-7,9-12,17,23,30H,4,8,13-16,18H2,1-3H3,(H2,29,31). The highest BCUT2D eigenvalue weighted by Crippen LogP contribution is 2.29. The van der Waals surface area contributed by atoms with Gasteiger partial charge in [-0.15, -0.1) is 0 Å². The average molecular weight is 506 g/mol. The number of rotatable bonds is 13. The monoisotopic (exact) mass is 505 g/mol. The molecule has 0 amide bonds. The molecular weight excluding hydrogens is 470 g/mol. The second-order valence-electron chi connectivity index (χ2n) is 8.85. The third-order valence-electron chi connectivity index (χ3n) is 6.30. The summed E-state index contributed by atoms with van der Waals surface area (Å²) in [5.74, 6) is 1.68. The van der Waals surface area contributed by atoms with Crippen LogP contribution >= 0.6 is 0 Å². The van der Waals surface area contributed by atoms with Crippen molar-refractivity contribution in [2.24, 2.45) is 0 Å². The Hall–Kier alpha value is -3.69. The van der Waals surface area contributed by atoms with E-state index in [1.807, 2.05) is 49.4 Å². The third kappa shape index (κ3) is 6.18. The number of para-hydroxylation sites is 1. The Balaban J connectivity index is 1.42. The molecule has 4 rings (SSSR count). The zero-order valence-corrected chi connectivity index (χ0v) is 21.7. The van der Waals surface area contributed by atoms with Crippen LogP contribution in [-0.4, -0.2) is 54.0 Å². The van der Waals surface area contributed by atoms with E-state index in [1.54, 1.807) is 7.11 Å². The van der Waals surface area contributed by atoms with Gasteiger partial charge in [0.25, 0.3) is 0 Å². The lowest BCUT2D eigenvalue weighted by Gasteiger charge is -2.16. The molecule has 1 atom stereocenters. The number of fused-ring (bicyclic) bond motifs is 3. The Labute approximate surface area is 216 Å². The number of nitrogens with zero attached hydrogens (tertiary/aromatic N) is 3. The number of carbonyl (C=O) groups excluding carboxylic acids is 1. The van der Waals surface area contributed by atoms with Crippen LogP contribution in [0.2, 0.25) is 0 Å². The van der Waals surface area contributed by atoms with Gasteiger partial charge in [0.2, 0.25) is 0 Å². The molecule has 0 aliphatic carbocycles. The van der Waals surface area contributed by atoms with E-state index in [-0.39, 0.29) is 5.97 Å². The number of nitrogens with two attached hydrogens (primary N) is 1. The fourth-order valence-electron chi connectivity index (χ4n) is 4.45. The van der Waals surface area contributed by atoms with Crippen molar-refractivity contribution in [2.45, 2.75) is 45.4 Å². The molecule has 37 heavy (non-hydrogen) atoms. The van der Waals surface area contributed by atoms with E-state index in [4.69, 9.17) is 24.9 Å². The first kappa shape index (κ1) is 26.4. The Bertz CT molecular complexity index is 1350. The molecule has 0 saturated heterocycles. The number of nitrogen functional groups attached to an aromatic ring is 1. The number of anilines is 1. The number of hydrogen-bond donors (Lipinski definition) is 2. The van der Waals surface area contributed by atoms with Gasteiger partial charge in [0, 0.05) is 32.0 Å². The van der Waals surface area contributed by atoms with Crippen molar-refractivity contribution >= 4 is 33.7 Å². The van der Waals surface area contributed by atoms with Gasteiger partial charge in [0.05, 0.1) is 24.8 Å². The molecule has 0 fully saturated rings. The normalized spacial score (nSPS) is 12.2. The van der Waals surface area contributed by atoms with Crippen LogP contribution in [0.25, 0.3) is 21.9 Å². The summed E-state index contributed by atoms with van der Waals surface area (Å²) in [6.45, 7) is 4.77. The van der Waals surface area contributed by atoms with Crippen molar-refractivity contribution in [3.05, 3.63) is 59.9 Å². The molecule has 3 N–H and O–H groups in total. The van der Waals surface area contributed by atoms with E-state index in [2.05, 4.69) is 20.9 Å². The maximum atomic E-state index is 11.8. The van der Waals surface area contributed by atoms with Gasteiger partial charge in [-0.25, -0.2) is 14.8 Å². The molecule has 0 bridgehead atoms. The lowest BCUT2D eigenvalue weighted by molar-refractivity contribution is -0.148. The predicted octanol–water partition coefficient (Wildman–Crippen LogP) is 3.87. The van der Waals surface area contributed by atoms with Gasteiger partial charge in [-0.05, 0) is 43.1 Å². The van der Waals surface area contributed by atoms with Crippen LogP contribution in [0.3, 0.4) is 0 Å². The van der Waals surface area contributed by atoms with Crippen molar-refractivity contribution in [1.82, 2.24) is 19.9 Å². The second kappa shape index (κ2) is 12.5. The minimum atomic E-state index is -0.606. The number of aromatic nitrogens is 3. The minimum Gasteiger partial charge on any atom is -0.479 e. The van der Waals surface area contributed by atoms with Gasteiger partial charge < -0.3 is 29.8 Å². The first-order valence-corrected chi connectivity index (χ1v) is 12.6.